The van der Waals surface area contributed by atoms with Crippen molar-refractivity contribution in [2.24, 2.45) is 0 Å². The summed E-state index contributed by atoms with van der Waals surface area (Å²) in [5.41, 5.74) is 2.87. The summed E-state index contributed by atoms with van der Waals surface area (Å²) in [5.74, 6) is 1.22. The van der Waals surface area contributed by atoms with Crippen molar-refractivity contribution in [3.63, 3.8) is 0 Å². The molecule has 0 amide bonds. The van der Waals surface area contributed by atoms with Gasteiger partial charge in [0, 0.05) is 17.8 Å². The molecule has 3 rings (SSSR count). The number of para-hydroxylation sites is 1. The Labute approximate surface area is 123 Å². The van der Waals surface area contributed by atoms with Crippen molar-refractivity contribution in [1.29, 1.82) is 0 Å². The Hall–Kier alpha value is -2.65. The van der Waals surface area contributed by atoms with Gasteiger partial charge in [0.25, 0.3) is 0 Å². The minimum Gasteiger partial charge on any atom is -0.438 e. The number of aliphatic hydroxyl groups excluding tert-OH is 1. The van der Waals surface area contributed by atoms with Gasteiger partial charge in [-0.15, -0.1) is 0 Å². The van der Waals surface area contributed by atoms with E-state index in [0.29, 0.717) is 5.88 Å². The normalized spacial score (nSPS) is 10.3. The number of ether oxygens (including phenoxy) is 1. The summed E-state index contributed by atoms with van der Waals surface area (Å²) in [5, 5.41) is 9.18. The van der Waals surface area contributed by atoms with Crippen LogP contribution in [0.3, 0.4) is 0 Å². The number of hydrogen-bond donors (Lipinski definition) is 1. The third-order valence-electron chi connectivity index (χ3n) is 3.17. The molecule has 0 saturated heterocycles. The number of hydrogen-bond acceptors (Lipinski definition) is 3. The molecule has 1 heterocycles. The molecule has 0 aliphatic rings. The Bertz CT molecular complexity index is 726. The fourth-order valence-electron chi connectivity index (χ4n) is 2.13. The van der Waals surface area contributed by atoms with Crippen LogP contribution in [0, 0.1) is 0 Å². The number of aliphatic hydroxyl groups is 1. The molecule has 0 aliphatic heterocycles. The summed E-state index contributed by atoms with van der Waals surface area (Å²) < 4.78 is 5.88. The first kappa shape index (κ1) is 13.3. The lowest BCUT2D eigenvalue weighted by Crippen LogP contribution is -1.92. The first-order valence-electron chi connectivity index (χ1n) is 6.75. The van der Waals surface area contributed by atoms with Crippen LogP contribution in [-0.2, 0) is 6.61 Å². The lowest BCUT2D eigenvalue weighted by atomic mass is 10.1. The molecule has 3 aromatic rings. The average Bonchev–Trinajstić information content (AvgIpc) is 2.56. The maximum absolute atomic E-state index is 9.18. The Morgan fingerprint density at radius 1 is 0.905 bits per heavy atom. The number of nitrogens with zero attached hydrogens (tertiary/aromatic N) is 1. The standard InChI is InChI=1S/C18H15NO2/c20-13-14-10-11-19-18(12-14)21-17-9-5-4-8-16(17)15-6-2-1-3-7-15/h1-12,20H,13H2. The maximum Gasteiger partial charge on any atom is 0.219 e. The Kier molecular flexibility index (Phi) is 3.94. The minimum atomic E-state index is -0.0286. The molecule has 21 heavy (non-hydrogen) atoms. The summed E-state index contributed by atoms with van der Waals surface area (Å²) >= 11 is 0. The van der Waals surface area contributed by atoms with Gasteiger partial charge in [-0.3, -0.25) is 0 Å². The Morgan fingerprint density at radius 2 is 1.67 bits per heavy atom. The van der Waals surface area contributed by atoms with Crippen molar-refractivity contribution < 1.29 is 9.84 Å². The summed E-state index contributed by atoms with van der Waals surface area (Å²) in [6.45, 7) is -0.0286. The summed E-state index contributed by atoms with van der Waals surface area (Å²) in [4.78, 5) is 4.18. The lowest BCUT2D eigenvalue weighted by Gasteiger charge is -2.11. The van der Waals surface area contributed by atoms with Gasteiger partial charge in [0.1, 0.15) is 5.75 Å². The molecular formula is C18H15NO2. The van der Waals surface area contributed by atoms with Gasteiger partial charge in [0.05, 0.1) is 6.61 Å². The van der Waals surface area contributed by atoms with Crippen LogP contribution in [0.5, 0.6) is 11.6 Å². The predicted molar refractivity (Wildman–Crippen MR) is 82.1 cm³/mol. The second kappa shape index (κ2) is 6.20. The molecule has 104 valence electrons. The fraction of sp³-hybridized carbons (Fsp3) is 0.0556. The number of rotatable bonds is 4. The van der Waals surface area contributed by atoms with Gasteiger partial charge < -0.3 is 9.84 Å². The highest BCUT2D eigenvalue weighted by molar-refractivity contribution is 5.70. The zero-order valence-electron chi connectivity index (χ0n) is 11.4. The van der Waals surface area contributed by atoms with E-state index in [9.17, 15) is 5.11 Å². The van der Waals surface area contributed by atoms with Crippen LogP contribution in [0.15, 0.2) is 72.9 Å². The zero-order valence-corrected chi connectivity index (χ0v) is 11.4. The van der Waals surface area contributed by atoms with E-state index in [1.165, 1.54) is 0 Å². The van der Waals surface area contributed by atoms with E-state index in [4.69, 9.17) is 4.74 Å². The van der Waals surface area contributed by atoms with Gasteiger partial charge in [0.2, 0.25) is 5.88 Å². The predicted octanol–water partition coefficient (Wildman–Crippen LogP) is 4.03. The molecule has 2 aromatic carbocycles. The molecule has 1 aromatic heterocycles. The van der Waals surface area contributed by atoms with Gasteiger partial charge in [0.15, 0.2) is 0 Å². The average molecular weight is 277 g/mol. The zero-order chi connectivity index (χ0) is 14.5. The molecule has 0 atom stereocenters. The smallest absolute Gasteiger partial charge is 0.219 e. The molecule has 0 unspecified atom stereocenters. The van der Waals surface area contributed by atoms with E-state index in [1.807, 2.05) is 54.6 Å². The van der Waals surface area contributed by atoms with E-state index in [2.05, 4.69) is 4.98 Å². The van der Waals surface area contributed by atoms with Gasteiger partial charge in [-0.2, -0.15) is 0 Å². The van der Waals surface area contributed by atoms with Crippen LogP contribution in [0.4, 0.5) is 0 Å². The van der Waals surface area contributed by atoms with Crippen molar-refractivity contribution in [1.82, 2.24) is 4.98 Å². The second-order valence-corrected chi connectivity index (χ2v) is 4.62. The topological polar surface area (TPSA) is 42.4 Å². The van der Waals surface area contributed by atoms with Crippen LogP contribution >= 0.6 is 0 Å². The number of aromatic nitrogens is 1. The van der Waals surface area contributed by atoms with Crippen molar-refractivity contribution in [3.8, 4) is 22.8 Å². The van der Waals surface area contributed by atoms with Crippen molar-refractivity contribution in [3.05, 3.63) is 78.5 Å². The number of benzene rings is 2. The van der Waals surface area contributed by atoms with Crippen LogP contribution in [-0.4, -0.2) is 10.1 Å². The summed E-state index contributed by atoms with van der Waals surface area (Å²) in [6.07, 6.45) is 1.63. The Morgan fingerprint density at radius 3 is 2.48 bits per heavy atom. The van der Waals surface area contributed by atoms with E-state index < -0.39 is 0 Å². The van der Waals surface area contributed by atoms with Crippen LogP contribution < -0.4 is 4.74 Å². The second-order valence-electron chi connectivity index (χ2n) is 4.62. The van der Waals surface area contributed by atoms with E-state index >= 15 is 0 Å². The van der Waals surface area contributed by atoms with Crippen molar-refractivity contribution in [2.75, 3.05) is 0 Å². The Balaban J connectivity index is 1.96. The van der Waals surface area contributed by atoms with Crippen LogP contribution in [0.1, 0.15) is 5.56 Å². The highest BCUT2D eigenvalue weighted by Crippen LogP contribution is 2.32. The first-order chi connectivity index (χ1) is 10.4. The minimum absolute atomic E-state index is 0.0286. The van der Waals surface area contributed by atoms with Gasteiger partial charge in [-0.05, 0) is 23.3 Å². The van der Waals surface area contributed by atoms with E-state index in [0.717, 1.165) is 22.4 Å². The molecule has 1 N–H and O–H groups in total. The largest absolute Gasteiger partial charge is 0.438 e. The van der Waals surface area contributed by atoms with Crippen molar-refractivity contribution >= 4 is 0 Å². The van der Waals surface area contributed by atoms with Gasteiger partial charge in [-0.1, -0.05) is 48.5 Å². The third kappa shape index (κ3) is 3.09. The molecule has 3 nitrogen and oxygen atoms in total. The molecule has 0 radical (unpaired) electrons. The molecule has 0 aliphatic carbocycles. The van der Waals surface area contributed by atoms with Crippen LogP contribution in [0.2, 0.25) is 0 Å². The van der Waals surface area contributed by atoms with E-state index in [-0.39, 0.29) is 6.61 Å². The lowest BCUT2D eigenvalue weighted by molar-refractivity contribution is 0.281. The van der Waals surface area contributed by atoms with Crippen LogP contribution in [0.25, 0.3) is 11.1 Å². The summed E-state index contributed by atoms with van der Waals surface area (Å²) in [6, 6.07) is 21.4. The highest BCUT2D eigenvalue weighted by atomic mass is 16.5. The first-order valence-corrected chi connectivity index (χ1v) is 6.75. The van der Waals surface area contributed by atoms with Crippen molar-refractivity contribution in [2.45, 2.75) is 6.61 Å². The maximum atomic E-state index is 9.18. The third-order valence-corrected chi connectivity index (χ3v) is 3.17. The quantitative estimate of drug-likeness (QED) is 0.782. The van der Waals surface area contributed by atoms with Gasteiger partial charge >= 0.3 is 0 Å². The van der Waals surface area contributed by atoms with Gasteiger partial charge in [-0.25, -0.2) is 4.98 Å². The molecule has 0 spiro atoms. The molecular weight excluding hydrogens is 262 g/mol. The molecule has 3 heteroatoms. The molecule has 0 bridgehead atoms. The number of pyridine rings is 1. The molecule has 0 saturated carbocycles. The SMILES string of the molecule is OCc1ccnc(Oc2ccccc2-c2ccccc2)c1. The fourth-order valence-corrected chi connectivity index (χ4v) is 2.13. The highest BCUT2D eigenvalue weighted by Gasteiger charge is 2.07. The monoisotopic (exact) mass is 277 g/mol. The molecule has 0 fully saturated rings. The van der Waals surface area contributed by atoms with E-state index in [1.54, 1.807) is 18.3 Å². The summed E-state index contributed by atoms with van der Waals surface area (Å²) in [7, 11) is 0.